The smallest absolute Gasteiger partial charge is 0.270 e. The fraction of sp³-hybridized carbons (Fsp3) is 0.348. The van der Waals surface area contributed by atoms with Crippen molar-refractivity contribution in [1.29, 1.82) is 0 Å². The third-order valence-electron chi connectivity index (χ3n) is 5.90. The minimum Gasteiger partial charge on any atom is -0.497 e. The summed E-state index contributed by atoms with van der Waals surface area (Å²) in [6, 6.07) is 18.4. The van der Waals surface area contributed by atoms with E-state index in [0.717, 1.165) is 35.4 Å². The van der Waals surface area contributed by atoms with Gasteiger partial charge in [-0.1, -0.05) is 44.2 Å². The molecular weight excluding hydrogens is 336 g/mol. The summed E-state index contributed by atoms with van der Waals surface area (Å²) in [4.78, 5) is 15.3. The Morgan fingerprint density at radius 1 is 1.11 bits per heavy atom. The molecule has 2 aromatic carbocycles. The van der Waals surface area contributed by atoms with Crippen LogP contribution in [0.3, 0.4) is 0 Å². The first-order chi connectivity index (χ1) is 12.9. The molecule has 1 aliphatic heterocycles. The van der Waals surface area contributed by atoms with Crippen molar-refractivity contribution in [2.45, 2.75) is 19.8 Å². The molecule has 4 nitrogen and oxygen atoms in total. The molecule has 0 N–H and O–H groups in total. The van der Waals surface area contributed by atoms with Crippen LogP contribution in [0.25, 0.3) is 10.9 Å². The highest BCUT2D eigenvalue weighted by Crippen LogP contribution is 2.42. The number of ether oxygens (including phenoxy) is 1. The minimum atomic E-state index is 0.0464. The maximum Gasteiger partial charge on any atom is 0.270 e. The molecule has 140 valence electrons. The number of aromatic nitrogens is 1. The van der Waals surface area contributed by atoms with Crippen LogP contribution in [0.5, 0.6) is 5.75 Å². The maximum atomic E-state index is 13.3. The van der Waals surface area contributed by atoms with Gasteiger partial charge < -0.3 is 14.2 Å². The third-order valence-corrected chi connectivity index (χ3v) is 5.90. The van der Waals surface area contributed by atoms with Crippen LogP contribution in [-0.4, -0.2) is 35.6 Å². The van der Waals surface area contributed by atoms with E-state index in [0.29, 0.717) is 5.92 Å². The average Bonchev–Trinajstić information content (AvgIpc) is 3.17. The molecule has 2 heterocycles. The first-order valence-electron chi connectivity index (χ1n) is 9.38. The van der Waals surface area contributed by atoms with Gasteiger partial charge in [-0.05, 0) is 35.2 Å². The van der Waals surface area contributed by atoms with Crippen LogP contribution in [0.4, 0.5) is 0 Å². The highest BCUT2D eigenvalue weighted by Gasteiger charge is 2.42. The maximum absolute atomic E-state index is 13.3. The van der Waals surface area contributed by atoms with E-state index >= 15 is 0 Å². The van der Waals surface area contributed by atoms with Gasteiger partial charge in [0, 0.05) is 37.0 Å². The summed E-state index contributed by atoms with van der Waals surface area (Å²) in [5.74, 6) is 1.25. The zero-order valence-electron chi connectivity index (χ0n) is 16.4. The lowest BCUT2D eigenvalue weighted by Gasteiger charge is -2.25. The molecule has 4 rings (SSSR count). The van der Waals surface area contributed by atoms with Crippen molar-refractivity contribution < 1.29 is 9.53 Å². The van der Waals surface area contributed by atoms with Crippen LogP contribution in [0.15, 0.2) is 54.6 Å². The topological polar surface area (TPSA) is 34.5 Å². The minimum absolute atomic E-state index is 0.0464. The van der Waals surface area contributed by atoms with Crippen molar-refractivity contribution in [3.8, 4) is 5.75 Å². The molecule has 1 unspecified atom stereocenters. The number of carbonyl (C=O) groups is 1. The van der Waals surface area contributed by atoms with E-state index in [1.54, 1.807) is 7.11 Å². The molecule has 0 radical (unpaired) electrons. The second-order valence-corrected chi connectivity index (χ2v) is 8.15. The fourth-order valence-electron chi connectivity index (χ4n) is 4.35. The lowest BCUT2D eigenvalue weighted by molar-refractivity contribution is 0.0769. The number of benzene rings is 2. The zero-order chi connectivity index (χ0) is 19.2. The van der Waals surface area contributed by atoms with Gasteiger partial charge in [0.25, 0.3) is 5.91 Å². The Hall–Kier alpha value is -2.75. The number of carbonyl (C=O) groups excluding carboxylic acids is 1. The van der Waals surface area contributed by atoms with Gasteiger partial charge in [0.05, 0.1) is 7.11 Å². The summed E-state index contributed by atoms with van der Waals surface area (Å²) < 4.78 is 7.30. The second-order valence-electron chi connectivity index (χ2n) is 8.15. The van der Waals surface area contributed by atoms with Gasteiger partial charge in [-0.2, -0.15) is 0 Å². The van der Waals surface area contributed by atoms with Crippen LogP contribution in [0.1, 0.15) is 35.8 Å². The van der Waals surface area contributed by atoms with E-state index in [4.69, 9.17) is 4.74 Å². The number of rotatable bonds is 3. The summed E-state index contributed by atoms with van der Waals surface area (Å²) in [6.45, 7) is 6.02. The number of hydrogen-bond donors (Lipinski definition) is 0. The van der Waals surface area contributed by atoms with Gasteiger partial charge >= 0.3 is 0 Å². The predicted molar refractivity (Wildman–Crippen MR) is 108 cm³/mol. The molecule has 0 saturated carbocycles. The Kier molecular flexibility index (Phi) is 4.22. The summed E-state index contributed by atoms with van der Waals surface area (Å²) in [5.41, 5.74) is 3.12. The van der Waals surface area contributed by atoms with Crippen molar-refractivity contribution >= 4 is 16.8 Å². The molecule has 1 aromatic heterocycles. The molecule has 0 bridgehead atoms. The van der Waals surface area contributed by atoms with Crippen LogP contribution < -0.4 is 4.74 Å². The third kappa shape index (κ3) is 2.99. The largest absolute Gasteiger partial charge is 0.497 e. The summed E-state index contributed by atoms with van der Waals surface area (Å²) in [7, 11) is 3.62. The molecule has 1 atom stereocenters. The van der Waals surface area contributed by atoms with Crippen LogP contribution >= 0.6 is 0 Å². The Balaban J connectivity index is 1.65. The van der Waals surface area contributed by atoms with Gasteiger partial charge in [0.2, 0.25) is 0 Å². The molecule has 1 fully saturated rings. The molecule has 4 heteroatoms. The van der Waals surface area contributed by atoms with Crippen molar-refractivity contribution in [2.24, 2.45) is 12.5 Å². The van der Waals surface area contributed by atoms with Crippen LogP contribution in [0.2, 0.25) is 0 Å². The quantitative estimate of drug-likeness (QED) is 0.690. The standard InChI is InChI=1S/C23H26N2O2/c1-23(2)15-25(14-19(23)16-8-6-5-7-9-16)22(26)21-13-17-12-18(27-4)10-11-20(17)24(21)3/h5-13,19H,14-15H2,1-4H3. The van der Waals surface area contributed by atoms with Crippen LogP contribution in [0, 0.1) is 5.41 Å². The van der Waals surface area contributed by atoms with Gasteiger partial charge in [0.1, 0.15) is 11.4 Å². The molecular formula is C23H26N2O2. The SMILES string of the molecule is COc1ccc2c(c1)cc(C(=O)N1CC(c3ccccc3)C(C)(C)C1)n2C. The van der Waals surface area contributed by atoms with Crippen molar-refractivity contribution in [3.63, 3.8) is 0 Å². The van der Waals surface area contributed by atoms with E-state index in [-0.39, 0.29) is 11.3 Å². The highest BCUT2D eigenvalue weighted by atomic mass is 16.5. The van der Waals surface area contributed by atoms with Gasteiger partial charge in [0.15, 0.2) is 0 Å². The molecule has 0 aliphatic carbocycles. The van der Waals surface area contributed by atoms with E-state index in [9.17, 15) is 4.79 Å². The van der Waals surface area contributed by atoms with E-state index < -0.39 is 0 Å². The number of likely N-dealkylation sites (tertiary alicyclic amines) is 1. The molecule has 1 aliphatic rings. The molecule has 1 amide bonds. The Labute approximate surface area is 160 Å². The highest BCUT2D eigenvalue weighted by molar-refractivity contribution is 5.99. The normalized spacial score (nSPS) is 18.8. The van der Waals surface area contributed by atoms with E-state index in [1.165, 1.54) is 5.56 Å². The number of fused-ring (bicyclic) bond motifs is 1. The predicted octanol–water partition coefficient (Wildman–Crippen LogP) is 4.45. The Morgan fingerprint density at radius 2 is 1.85 bits per heavy atom. The number of nitrogens with zero attached hydrogens (tertiary/aromatic N) is 2. The molecule has 0 spiro atoms. The Bertz CT molecular complexity index is 988. The van der Waals surface area contributed by atoms with Gasteiger partial charge in [-0.3, -0.25) is 4.79 Å². The number of aryl methyl sites for hydroxylation is 1. The first kappa shape index (κ1) is 17.7. The first-order valence-corrected chi connectivity index (χ1v) is 9.38. The summed E-state index contributed by atoms with van der Waals surface area (Å²) >= 11 is 0. The van der Waals surface area contributed by atoms with Crippen molar-refractivity contribution in [3.05, 3.63) is 65.9 Å². The van der Waals surface area contributed by atoms with E-state index in [2.05, 4.69) is 38.1 Å². The fourth-order valence-corrected chi connectivity index (χ4v) is 4.35. The number of hydrogen-bond acceptors (Lipinski definition) is 2. The average molecular weight is 362 g/mol. The zero-order valence-corrected chi connectivity index (χ0v) is 16.4. The second kappa shape index (κ2) is 6.45. The van der Waals surface area contributed by atoms with Crippen molar-refractivity contribution in [1.82, 2.24) is 9.47 Å². The summed E-state index contributed by atoms with van der Waals surface area (Å²) in [6.07, 6.45) is 0. The Morgan fingerprint density at radius 3 is 2.56 bits per heavy atom. The van der Waals surface area contributed by atoms with Gasteiger partial charge in [-0.15, -0.1) is 0 Å². The lowest BCUT2D eigenvalue weighted by atomic mass is 9.78. The van der Waals surface area contributed by atoms with E-state index in [1.807, 2.05) is 46.8 Å². The molecule has 27 heavy (non-hydrogen) atoms. The van der Waals surface area contributed by atoms with Crippen LogP contribution in [-0.2, 0) is 7.05 Å². The number of methoxy groups -OCH3 is 1. The van der Waals surface area contributed by atoms with Gasteiger partial charge in [-0.25, -0.2) is 0 Å². The number of amides is 1. The lowest BCUT2D eigenvalue weighted by Crippen LogP contribution is -2.31. The monoisotopic (exact) mass is 362 g/mol. The molecule has 1 saturated heterocycles. The van der Waals surface area contributed by atoms with Crippen molar-refractivity contribution in [2.75, 3.05) is 20.2 Å². The summed E-state index contributed by atoms with van der Waals surface area (Å²) in [5, 5.41) is 1.03. The molecule has 3 aromatic rings.